The van der Waals surface area contributed by atoms with Crippen LogP contribution < -0.4 is 0 Å². The highest BCUT2D eigenvalue weighted by molar-refractivity contribution is 9.14. The molecular weight excluding hydrogens is 324 g/mol. The van der Waals surface area contributed by atoms with Crippen molar-refractivity contribution >= 4 is 37.8 Å². The Labute approximate surface area is 108 Å². The van der Waals surface area contributed by atoms with Crippen molar-refractivity contribution in [2.45, 2.75) is 31.5 Å². The number of allylic oxidation sites excluding steroid dienone is 2. The molecule has 1 aliphatic carbocycles. The minimum Gasteiger partial charge on any atom is -0.469 e. The zero-order valence-electron chi connectivity index (χ0n) is 9.43. The SMILES string of the molecule is COC(=O)C1(C)CC1(Br)/C(Br)=C/C(C)C. The van der Waals surface area contributed by atoms with Crippen LogP contribution in [0, 0.1) is 11.3 Å². The van der Waals surface area contributed by atoms with Gasteiger partial charge in [0.2, 0.25) is 0 Å². The molecule has 86 valence electrons. The Hall–Kier alpha value is 0.170. The molecule has 0 heterocycles. The average Bonchev–Trinajstić information content (AvgIpc) is 2.70. The highest BCUT2D eigenvalue weighted by Gasteiger charge is 2.70. The first-order chi connectivity index (χ1) is 6.78. The van der Waals surface area contributed by atoms with Gasteiger partial charge in [-0.2, -0.15) is 0 Å². The number of esters is 1. The lowest BCUT2D eigenvalue weighted by molar-refractivity contribution is -0.146. The number of halogens is 2. The Kier molecular flexibility index (Phi) is 3.71. The van der Waals surface area contributed by atoms with E-state index < -0.39 is 5.41 Å². The van der Waals surface area contributed by atoms with Crippen molar-refractivity contribution in [2.24, 2.45) is 11.3 Å². The highest BCUT2D eigenvalue weighted by atomic mass is 79.9. The molecule has 2 atom stereocenters. The van der Waals surface area contributed by atoms with Gasteiger partial charge in [-0.05, 0) is 19.3 Å². The predicted octanol–water partition coefficient (Wildman–Crippen LogP) is 3.64. The van der Waals surface area contributed by atoms with E-state index in [-0.39, 0.29) is 10.3 Å². The van der Waals surface area contributed by atoms with Gasteiger partial charge in [-0.1, -0.05) is 51.8 Å². The van der Waals surface area contributed by atoms with E-state index in [0.717, 1.165) is 10.9 Å². The van der Waals surface area contributed by atoms with Crippen LogP contribution in [0.15, 0.2) is 10.6 Å². The van der Waals surface area contributed by atoms with E-state index in [2.05, 4.69) is 51.8 Å². The molecule has 0 aromatic rings. The number of carbonyl (C=O) groups excluding carboxylic acids is 1. The fourth-order valence-corrected chi connectivity index (χ4v) is 3.64. The van der Waals surface area contributed by atoms with Crippen molar-refractivity contribution in [1.82, 2.24) is 0 Å². The molecule has 1 saturated carbocycles. The van der Waals surface area contributed by atoms with Gasteiger partial charge in [0.05, 0.1) is 16.8 Å². The lowest BCUT2D eigenvalue weighted by Crippen LogP contribution is -2.22. The molecule has 1 aliphatic rings. The highest BCUT2D eigenvalue weighted by Crippen LogP contribution is 2.67. The van der Waals surface area contributed by atoms with Crippen LogP contribution in [0.25, 0.3) is 0 Å². The topological polar surface area (TPSA) is 26.3 Å². The summed E-state index contributed by atoms with van der Waals surface area (Å²) in [6.07, 6.45) is 2.89. The van der Waals surface area contributed by atoms with Gasteiger partial charge in [-0.3, -0.25) is 4.79 Å². The molecule has 0 aromatic heterocycles. The summed E-state index contributed by atoms with van der Waals surface area (Å²) in [5, 5.41) is 0. The summed E-state index contributed by atoms with van der Waals surface area (Å²) in [4.78, 5) is 11.6. The van der Waals surface area contributed by atoms with Gasteiger partial charge in [0.25, 0.3) is 0 Å². The summed E-state index contributed by atoms with van der Waals surface area (Å²) in [5.74, 6) is 0.296. The Morgan fingerprint density at radius 3 is 2.47 bits per heavy atom. The van der Waals surface area contributed by atoms with Crippen molar-refractivity contribution in [1.29, 1.82) is 0 Å². The van der Waals surface area contributed by atoms with E-state index in [9.17, 15) is 4.79 Å². The van der Waals surface area contributed by atoms with E-state index in [1.54, 1.807) is 0 Å². The van der Waals surface area contributed by atoms with Crippen LogP contribution in [0.1, 0.15) is 27.2 Å². The molecule has 0 amide bonds. The quantitative estimate of drug-likeness (QED) is 0.579. The second-order valence-corrected chi connectivity index (χ2v) is 6.77. The molecule has 1 fully saturated rings. The number of rotatable bonds is 3. The molecule has 0 radical (unpaired) electrons. The van der Waals surface area contributed by atoms with Gasteiger partial charge >= 0.3 is 5.97 Å². The molecule has 0 N–H and O–H groups in total. The van der Waals surface area contributed by atoms with E-state index in [0.29, 0.717) is 5.92 Å². The average molecular weight is 340 g/mol. The summed E-state index contributed by atoms with van der Waals surface area (Å²) in [6, 6.07) is 0. The van der Waals surface area contributed by atoms with Gasteiger partial charge in [0, 0.05) is 4.48 Å². The second kappa shape index (κ2) is 4.21. The molecule has 15 heavy (non-hydrogen) atoms. The van der Waals surface area contributed by atoms with E-state index in [1.165, 1.54) is 7.11 Å². The number of alkyl halides is 1. The van der Waals surface area contributed by atoms with E-state index in [4.69, 9.17) is 4.74 Å². The summed E-state index contributed by atoms with van der Waals surface area (Å²) < 4.78 is 5.58. The first kappa shape index (κ1) is 13.2. The first-order valence-corrected chi connectivity index (χ1v) is 6.51. The first-order valence-electron chi connectivity index (χ1n) is 4.93. The summed E-state index contributed by atoms with van der Waals surface area (Å²) in [6.45, 7) is 6.13. The molecule has 4 heteroatoms. The zero-order valence-corrected chi connectivity index (χ0v) is 12.6. The smallest absolute Gasteiger partial charge is 0.313 e. The molecule has 2 unspecified atom stereocenters. The molecule has 1 rings (SSSR count). The maximum Gasteiger partial charge on any atom is 0.313 e. The maximum atomic E-state index is 11.6. The Morgan fingerprint density at radius 1 is 1.53 bits per heavy atom. The molecule has 2 nitrogen and oxygen atoms in total. The van der Waals surface area contributed by atoms with Crippen LogP contribution in [0.5, 0.6) is 0 Å². The van der Waals surface area contributed by atoms with Crippen LogP contribution in [-0.2, 0) is 9.53 Å². The maximum absolute atomic E-state index is 11.6. The molecule has 0 aliphatic heterocycles. The minimum atomic E-state index is -0.439. The normalized spacial score (nSPS) is 35.5. The third-order valence-electron chi connectivity index (χ3n) is 2.84. The van der Waals surface area contributed by atoms with Crippen LogP contribution >= 0.6 is 31.9 Å². The van der Waals surface area contributed by atoms with Gasteiger partial charge in [0.1, 0.15) is 0 Å². The molecular formula is C11H16Br2O2. The summed E-state index contributed by atoms with van der Waals surface area (Å²) in [5.41, 5.74) is -0.439. The number of ether oxygens (including phenoxy) is 1. The number of hydrogen-bond acceptors (Lipinski definition) is 2. The van der Waals surface area contributed by atoms with E-state index in [1.807, 2.05) is 6.92 Å². The summed E-state index contributed by atoms with van der Waals surface area (Å²) >= 11 is 7.17. The zero-order chi connectivity index (χ0) is 11.9. The van der Waals surface area contributed by atoms with Gasteiger partial charge in [0.15, 0.2) is 0 Å². The molecule has 0 bridgehead atoms. The third-order valence-corrected chi connectivity index (χ3v) is 5.90. The van der Waals surface area contributed by atoms with Crippen LogP contribution in [0.4, 0.5) is 0 Å². The molecule has 0 saturated heterocycles. The van der Waals surface area contributed by atoms with Crippen molar-refractivity contribution in [3.63, 3.8) is 0 Å². The van der Waals surface area contributed by atoms with Crippen molar-refractivity contribution in [2.75, 3.05) is 7.11 Å². The van der Waals surface area contributed by atoms with Crippen molar-refractivity contribution in [3.8, 4) is 0 Å². The van der Waals surface area contributed by atoms with Gasteiger partial charge in [-0.25, -0.2) is 0 Å². The number of methoxy groups -OCH3 is 1. The Balaban J connectivity index is 2.87. The fourth-order valence-electron chi connectivity index (χ4n) is 1.67. The van der Waals surface area contributed by atoms with Crippen molar-refractivity contribution in [3.05, 3.63) is 10.6 Å². The fraction of sp³-hybridized carbons (Fsp3) is 0.727. The van der Waals surface area contributed by atoms with Crippen LogP contribution in [-0.4, -0.2) is 17.4 Å². The van der Waals surface area contributed by atoms with E-state index >= 15 is 0 Å². The number of hydrogen-bond donors (Lipinski definition) is 0. The standard InChI is InChI=1S/C11H16Br2O2/c1-7(2)5-8(12)11(13)6-10(11,3)9(14)15-4/h5,7H,6H2,1-4H3/b8-5-. The van der Waals surface area contributed by atoms with Crippen LogP contribution in [0.3, 0.4) is 0 Å². The minimum absolute atomic E-state index is 0.159. The van der Waals surface area contributed by atoms with Crippen LogP contribution in [0.2, 0.25) is 0 Å². The summed E-state index contributed by atoms with van der Waals surface area (Å²) in [7, 11) is 1.43. The van der Waals surface area contributed by atoms with Crippen molar-refractivity contribution < 1.29 is 9.53 Å². The Bertz CT molecular complexity index is 312. The monoisotopic (exact) mass is 338 g/mol. The van der Waals surface area contributed by atoms with Gasteiger partial charge < -0.3 is 4.74 Å². The lowest BCUT2D eigenvalue weighted by atomic mass is 10.1. The molecule has 0 aromatic carbocycles. The second-order valence-electron chi connectivity index (χ2n) is 4.56. The Morgan fingerprint density at radius 2 is 2.07 bits per heavy atom. The predicted molar refractivity (Wildman–Crippen MR) is 68.2 cm³/mol. The molecule has 0 spiro atoms. The number of carbonyl (C=O) groups is 1. The third kappa shape index (κ3) is 2.16. The largest absolute Gasteiger partial charge is 0.469 e. The van der Waals surface area contributed by atoms with Gasteiger partial charge in [-0.15, -0.1) is 0 Å². The lowest BCUT2D eigenvalue weighted by Gasteiger charge is -2.15.